The molecule has 0 saturated carbocycles. The van der Waals surface area contributed by atoms with E-state index >= 15 is 0 Å². The molecule has 0 fully saturated rings. The first-order chi connectivity index (χ1) is 10.7. The van der Waals surface area contributed by atoms with Gasteiger partial charge in [0.2, 0.25) is 0 Å². The van der Waals surface area contributed by atoms with Gasteiger partial charge in [0.25, 0.3) is 0 Å². The van der Waals surface area contributed by atoms with Gasteiger partial charge in [-0.1, -0.05) is 69.8 Å². The van der Waals surface area contributed by atoms with Crippen LogP contribution in [0.1, 0.15) is 77.6 Å². The van der Waals surface area contributed by atoms with Crippen molar-refractivity contribution in [2.75, 3.05) is 7.11 Å². The molecule has 0 aromatic carbocycles. The van der Waals surface area contributed by atoms with Crippen LogP contribution in [0.25, 0.3) is 0 Å². The molecular formula is C19H34O3. The molecule has 3 heteroatoms. The Morgan fingerprint density at radius 3 is 2.50 bits per heavy atom. The van der Waals surface area contributed by atoms with Crippen LogP contribution in [0, 0.1) is 0 Å². The summed E-state index contributed by atoms with van der Waals surface area (Å²) in [7, 11) is 1.42. The number of esters is 1. The second kappa shape index (κ2) is 16.3. The average molecular weight is 310 g/mol. The highest BCUT2D eigenvalue weighted by Crippen LogP contribution is 2.09. The summed E-state index contributed by atoms with van der Waals surface area (Å²) >= 11 is 0. The Morgan fingerprint density at radius 2 is 1.77 bits per heavy atom. The smallest absolute Gasteiger partial charge is 0.305 e. The zero-order valence-corrected chi connectivity index (χ0v) is 14.4. The van der Waals surface area contributed by atoms with Gasteiger partial charge < -0.3 is 9.84 Å². The van der Waals surface area contributed by atoms with Gasteiger partial charge in [-0.15, -0.1) is 0 Å². The minimum atomic E-state index is -0.356. The lowest BCUT2D eigenvalue weighted by Crippen LogP contribution is -2.02. The summed E-state index contributed by atoms with van der Waals surface area (Å²) in [5.74, 6) is -0.135. The van der Waals surface area contributed by atoms with Crippen LogP contribution >= 0.6 is 0 Å². The van der Waals surface area contributed by atoms with E-state index in [1.807, 2.05) is 18.2 Å². The monoisotopic (exact) mass is 310 g/mol. The summed E-state index contributed by atoms with van der Waals surface area (Å²) in [5.41, 5.74) is 0. The highest BCUT2D eigenvalue weighted by molar-refractivity contribution is 5.68. The van der Waals surface area contributed by atoms with Gasteiger partial charge >= 0.3 is 5.97 Å². The SMILES string of the molecule is CCCCCC/C=C/C=C\C(O)CCCCCCC(=O)OC. The molecule has 0 aromatic heterocycles. The lowest BCUT2D eigenvalue weighted by Gasteiger charge is -2.04. The number of ether oxygens (including phenoxy) is 1. The summed E-state index contributed by atoms with van der Waals surface area (Å²) in [4.78, 5) is 10.9. The van der Waals surface area contributed by atoms with Crippen molar-refractivity contribution in [3.8, 4) is 0 Å². The van der Waals surface area contributed by atoms with Crippen LogP contribution in [0.4, 0.5) is 0 Å². The van der Waals surface area contributed by atoms with E-state index in [9.17, 15) is 9.90 Å². The molecule has 1 N–H and O–H groups in total. The van der Waals surface area contributed by atoms with Gasteiger partial charge in [0, 0.05) is 6.42 Å². The van der Waals surface area contributed by atoms with E-state index in [-0.39, 0.29) is 12.1 Å². The number of methoxy groups -OCH3 is 1. The number of hydrogen-bond acceptors (Lipinski definition) is 3. The van der Waals surface area contributed by atoms with Crippen molar-refractivity contribution < 1.29 is 14.6 Å². The normalized spacial score (nSPS) is 13.0. The third-order valence-electron chi connectivity index (χ3n) is 3.66. The average Bonchev–Trinajstić information content (AvgIpc) is 2.52. The Kier molecular flexibility index (Phi) is 15.5. The van der Waals surface area contributed by atoms with Crippen LogP contribution in [0.15, 0.2) is 24.3 Å². The third-order valence-corrected chi connectivity index (χ3v) is 3.66. The lowest BCUT2D eigenvalue weighted by molar-refractivity contribution is -0.140. The second-order valence-corrected chi connectivity index (χ2v) is 5.76. The Morgan fingerprint density at radius 1 is 1.05 bits per heavy atom. The minimum absolute atomic E-state index is 0.135. The summed E-state index contributed by atoms with van der Waals surface area (Å²) in [6.07, 6.45) is 19.2. The summed E-state index contributed by atoms with van der Waals surface area (Å²) < 4.78 is 4.59. The van der Waals surface area contributed by atoms with Crippen molar-refractivity contribution in [2.45, 2.75) is 83.7 Å². The number of allylic oxidation sites excluding steroid dienone is 3. The van der Waals surface area contributed by atoms with Crippen molar-refractivity contribution in [3.63, 3.8) is 0 Å². The van der Waals surface area contributed by atoms with Crippen LogP contribution < -0.4 is 0 Å². The lowest BCUT2D eigenvalue weighted by atomic mass is 10.1. The molecule has 0 amide bonds. The number of rotatable bonds is 14. The number of carbonyl (C=O) groups excluding carboxylic acids is 1. The molecule has 0 spiro atoms. The Labute approximate surface area is 136 Å². The van der Waals surface area contributed by atoms with Gasteiger partial charge in [-0.25, -0.2) is 0 Å². The predicted molar refractivity (Wildman–Crippen MR) is 92.8 cm³/mol. The second-order valence-electron chi connectivity index (χ2n) is 5.76. The molecule has 3 nitrogen and oxygen atoms in total. The molecule has 0 heterocycles. The minimum Gasteiger partial charge on any atom is -0.469 e. The molecule has 0 aliphatic rings. The number of hydrogen-bond donors (Lipinski definition) is 1. The first-order valence-electron chi connectivity index (χ1n) is 8.79. The number of aliphatic hydroxyl groups is 1. The molecule has 1 unspecified atom stereocenters. The van der Waals surface area contributed by atoms with Crippen LogP contribution in [-0.4, -0.2) is 24.3 Å². The van der Waals surface area contributed by atoms with Gasteiger partial charge in [0.1, 0.15) is 0 Å². The van der Waals surface area contributed by atoms with Crippen LogP contribution in [0.5, 0.6) is 0 Å². The van der Waals surface area contributed by atoms with E-state index in [1.54, 1.807) is 0 Å². The zero-order valence-electron chi connectivity index (χ0n) is 14.4. The molecule has 0 radical (unpaired) electrons. The summed E-state index contributed by atoms with van der Waals surface area (Å²) in [5, 5.41) is 9.81. The fraction of sp³-hybridized carbons (Fsp3) is 0.737. The van der Waals surface area contributed by atoms with E-state index in [0.29, 0.717) is 6.42 Å². The maximum absolute atomic E-state index is 10.9. The first-order valence-corrected chi connectivity index (χ1v) is 8.79. The highest BCUT2D eigenvalue weighted by atomic mass is 16.5. The molecule has 0 bridgehead atoms. The maximum atomic E-state index is 10.9. The van der Waals surface area contributed by atoms with Crippen molar-refractivity contribution in [1.29, 1.82) is 0 Å². The van der Waals surface area contributed by atoms with Crippen molar-refractivity contribution >= 4 is 5.97 Å². The Hall–Kier alpha value is -1.09. The maximum Gasteiger partial charge on any atom is 0.305 e. The van der Waals surface area contributed by atoms with E-state index in [4.69, 9.17) is 0 Å². The van der Waals surface area contributed by atoms with E-state index in [1.165, 1.54) is 32.8 Å². The fourth-order valence-electron chi connectivity index (χ4n) is 2.23. The molecule has 0 aliphatic heterocycles. The van der Waals surface area contributed by atoms with Crippen molar-refractivity contribution in [1.82, 2.24) is 0 Å². The van der Waals surface area contributed by atoms with Crippen LogP contribution in [-0.2, 0) is 9.53 Å². The molecule has 0 aliphatic carbocycles. The number of aliphatic hydroxyl groups excluding tert-OH is 1. The predicted octanol–water partition coefficient (Wildman–Crippen LogP) is 4.94. The molecular weight excluding hydrogens is 276 g/mol. The quantitative estimate of drug-likeness (QED) is 0.281. The third kappa shape index (κ3) is 15.3. The van der Waals surface area contributed by atoms with Crippen LogP contribution in [0.3, 0.4) is 0 Å². The number of unbranched alkanes of at least 4 members (excludes halogenated alkanes) is 7. The van der Waals surface area contributed by atoms with Crippen molar-refractivity contribution in [2.24, 2.45) is 0 Å². The molecule has 1 atom stereocenters. The molecule has 0 saturated heterocycles. The molecule has 128 valence electrons. The van der Waals surface area contributed by atoms with Gasteiger partial charge in [-0.3, -0.25) is 4.79 Å². The topological polar surface area (TPSA) is 46.5 Å². The fourth-order valence-corrected chi connectivity index (χ4v) is 2.23. The Bertz CT molecular complexity index is 308. The number of carbonyl (C=O) groups is 1. The summed E-state index contributed by atoms with van der Waals surface area (Å²) in [6, 6.07) is 0. The molecule has 0 rings (SSSR count). The summed E-state index contributed by atoms with van der Waals surface area (Å²) in [6.45, 7) is 2.22. The van der Waals surface area contributed by atoms with Gasteiger partial charge in [0.15, 0.2) is 0 Å². The van der Waals surface area contributed by atoms with Crippen LogP contribution in [0.2, 0.25) is 0 Å². The zero-order chi connectivity index (χ0) is 16.5. The van der Waals surface area contributed by atoms with Crippen molar-refractivity contribution in [3.05, 3.63) is 24.3 Å². The van der Waals surface area contributed by atoms with E-state index in [2.05, 4.69) is 17.7 Å². The first kappa shape index (κ1) is 20.9. The standard InChI is InChI=1S/C19H34O3/c1-3-4-5-6-7-8-9-12-15-18(20)16-13-10-11-14-17-19(21)22-2/h8-9,12,15,18,20H,3-7,10-11,13-14,16-17H2,1-2H3/b9-8+,15-12-. The van der Waals surface area contributed by atoms with Gasteiger partial charge in [0.05, 0.1) is 13.2 Å². The van der Waals surface area contributed by atoms with Gasteiger partial charge in [-0.05, 0) is 25.7 Å². The largest absolute Gasteiger partial charge is 0.469 e. The van der Waals surface area contributed by atoms with E-state index < -0.39 is 0 Å². The highest BCUT2D eigenvalue weighted by Gasteiger charge is 2.01. The molecule has 22 heavy (non-hydrogen) atoms. The Balaban J connectivity index is 3.44. The van der Waals surface area contributed by atoms with Gasteiger partial charge in [-0.2, -0.15) is 0 Å². The van der Waals surface area contributed by atoms with E-state index in [0.717, 1.165) is 38.5 Å². The molecule has 0 aromatic rings.